The molecule has 126 valence electrons. The van der Waals surface area contributed by atoms with Crippen LogP contribution in [0.15, 0.2) is 48.5 Å². The van der Waals surface area contributed by atoms with Gasteiger partial charge in [-0.05, 0) is 35.4 Å². The molecular formula is C20H22O4. The summed E-state index contributed by atoms with van der Waals surface area (Å²) in [6, 6.07) is 16.3. The van der Waals surface area contributed by atoms with Gasteiger partial charge < -0.3 is 18.9 Å². The van der Waals surface area contributed by atoms with E-state index in [2.05, 4.69) is 24.3 Å². The Hall–Kier alpha value is -2.04. The number of hydrogen-bond acceptors (Lipinski definition) is 4. The summed E-state index contributed by atoms with van der Waals surface area (Å²) in [7, 11) is 3.36. The minimum absolute atomic E-state index is 0.0653. The van der Waals surface area contributed by atoms with Crippen molar-refractivity contribution in [2.45, 2.75) is 12.2 Å². The molecule has 4 nitrogen and oxygen atoms in total. The van der Waals surface area contributed by atoms with E-state index in [1.165, 1.54) is 11.1 Å². The molecule has 2 saturated heterocycles. The molecule has 4 rings (SSSR count). The number of methoxy groups -OCH3 is 2. The summed E-state index contributed by atoms with van der Waals surface area (Å²) < 4.78 is 22.8. The predicted octanol–water partition coefficient (Wildman–Crippen LogP) is 3.78. The molecule has 0 aliphatic carbocycles. The highest BCUT2D eigenvalue weighted by Crippen LogP contribution is 2.52. The maximum absolute atomic E-state index is 6.49. The van der Waals surface area contributed by atoms with Gasteiger partial charge in [0.25, 0.3) is 0 Å². The third kappa shape index (κ3) is 2.66. The van der Waals surface area contributed by atoms with Gasteiger partial charge in [0.15, 0.2) is 0 Å². The minimum atomic E-state index is 0.0653. The summed E-state index contributed by atoms with van der Waals surface area (Å²) in [6.45, 7) is 1.52. The zero-order valence-electron chi connectivity index (χ0n) is 14.0. The van der Waals surface area contributed by atoms with E-state index in [4.69, 9.17) is 18.9 Å². The third-order valence-electron chi connectivity index (χ3n) is 5.13. The van der Waals surface area contributed by atoms with E-state index in [9.17, 15) is 0 Å². The molecule has 2 heterocycles. The van der Waals surface area contributed by atoms with Crippen molar-refractivity contribution in [3.05, 3.63) is 59.7 Å². The zero-order chi connectivity index (χ0) is 16.5. The van der Waals surface area contributed by atoms with Crippen molar-refractivity contribution in [2.24, 2.45) is 11.8 Å². The number of ether oxygens (including phenoxy) is 4. The van der Waals surface area contributed by atoms with Gasteiger partial charge in [0, 0.05) is 11.8 Å². The van der Waals surface area contributed by atoms with Crippen LogP contribution in [-0.2, 0) is 9.47 Å². The second kappa shape index (κ2) is 6.46. The fraction of sp³-hybridized carbons (Fsp3) is 0.400. The molecule has 2 aliphatic heterocycles. The maximum Gasteiger partial charge on any atom is 0.118 e. The van der Waals surface area contributed by atoms with Gasteiger partial charge in [-0.25, -0.2) is 0 Å². The van der Waals surface area contributed by atoms with E-state index < -0.39 is 0 Å². The van der Waals surface area contributed by atoms with Crippen LogP contribution in [0.5, 0.6) is 11.5 Å². The van der Waals surface area contributed by atoms with Crippen molar-refractivity contribution in [2.75, 3.05) is 27.4 Å². The highest BCUT2D eigenvalue weighted by Gasteiger charge is 2.48. The fourth-order valence-electron chi connectivity index (χ4n) is 3.81. The van der Waals surface area contributed by atoms with Crippen LogP contribution in [0.25, 0.3) is 0 Å². The van der Waals surface area contributed by atoms with Crippen molar-refractivity contribution in [3.63, 3.8) is 0 Å². The monoisotopic (exact) mass is 326 g/mol. The maximum atomic E-state index is 6.49. The molecule has 4 atom stereocenters. The lowest BCUT2D eigenvalue weighted by atomic mass is 9.85. The summed E-state index contributed by atoms with van der Waals surface area (Å²) in [5.41, 5.74) is 2.37. The molecule has 0 spiro atoms. The fourth-order valence-corrected chi connectivity index (χ4v) is 3.81. The summed E-state index contributed by atoms with van der Waals surface area (Å²) in [4.78, 5) is 0. The lowest BCUT2D eigenvalue weighted by molar-refractivity contribution is -0.00311. The number of fused-ring (bicyclic) bond motifs is 1. The first kappa shape index (κ1) is 15.5. The molecule has 0 unspecified atom stereocenters. The van der Waals surface area contributed by atoms with Crippen molar-refractivity contribution in [1.29, 1.82) is 0 Å². The highest BCUT2D eigenvalue weighted by atomic mass is 16.5. The van der Waals surface area contributed by atoms with E-state index >= 15 is 0 Å². The molecule has 0 radical (unpaired) electrons. The Morgan fingerprint density at radius 2 is 1.12 bits per heavy atom. The van der Waals surface area contributed by atoms with Crippen LogP contribution in [0.1, 0.15) is 23.3 Å². The van der Waals surface area contributed by atoms with Crippen LogP contribution in [0.2, 0.25) is 0 Å². The molecule has 0 amide bonds. The van der Waals surface area contributed by atoms with E-state index in [1.54, 1.807) is 14.2 Å². The molecule has 2 aromatic rings. The standard InChI is InChI=1S/C20H22O4/c1-21-15-7-3-13(4-8-15)19-17-11-23-12-18(17)20(24-19)14-5-9-16(22-2)10-6-14/h3-10,17-20H,11-12H2,1-2H3/t17-,18+,19-,20+. The van der Waals surface area contributed by atoms with E-state index in [1.807, 2.05) is 24.3 Å². The highest BCUT2D eigenvalue weighted by molar-refractivity contribution is 5.32. The summed E-state index contributed by atoms with van der Waals surface area (Å²) in [5.74, 6) is 2.52. The Kier molecular flexibility index (Phi) is 4.17. The van der Waals surface area contributed by atoms with Crippen LogP contribution in [0.3, 0.4) is 0 Å². The Labute approximate surface area is 142 Å². The average molecular weight is 326 g/mol. The van der Waals surface area contributed by atoms with Gasteiger partial charge >= 0.3 is 0 Å². The van der Waals surface area contributed by atoms with Gasteiger partial charge in [-0.15, -0.1) is 0 Å². The zero-order valence-corrected chi connectivity index (χ0v) is 14.0. The van der Waals surface area contributed by atoms with Gasteiger partial charge in [0.05, 0.1) is 39.6 Å². The second-order valence-corrected chi connectivity index (χ2v) is 6.39. The Morgan fingerprint density at radius 3 is 1.50 bits per heavy atom. The Morgan fingerprint density at radius 1 is 0.708 bits per heavy atom. The van der Waals surface area contributed by atoms with Crippen molar-refractivity contribution >= 4 is 0 Å². The van der Waals surface area contributed by atoms with Crippen LogP contribution >= 0.6 is 0 Å². The Balaban J connectivity index is 1.60. The van der Waals surface area contributed by atoms with Gasteiger partial charge in [0.1, 0.15) is 11.5 Å². The molecule has 2 fully saturated rings. The van der Waals surface area contributed by atoms with Crippen molar-refractivity contribution in [3.8, 4) is 11.5 Å². The van der Waals surface area contributed by atoms with Crippen LogP contribution < -0.4 is 9.47 Å². The lowest BCUT2D eigenvalue weighted by Gasteiger charge is -2.18. The number of hydrogen-bond donors (Lipinski definition) is 0. The van der Waals surface area contributed by atoms with E-state index in [0.717, 1.165) is 24.7 Å². The predicted molar refractivity (Wildman–Crippen MR) is 90.4 cm³/mol. The summed E-state index contributed by atoms with van der Waals surface area (Å²) >= 11 is 0. The van der Waals surface area contributed by atoms with Crippen molar-refractivity contribution in [1.82, 2.24) is 0 Å². The quantitative estimate of drug-likeness (QED) is 0.857. The van der Waals surface area contributed by atoms with E-state index in [0.29, 0.717) is 11.8 Å². The lowest BCUT2D eigenvalue weighted by Crippen LogP contribution is -2.14. The SMILES string of the molecule is COc1ccc([C@H]2O[C@@H](c3ccc(OC)cc3)[C@H]3COC[C@H]32)cc1. The third-order valence-corrected chi connectivity index (χ3v) is 5.13. The van der Waals surface area contributed by atoms with Gasteiger partial charge in [-0.2, -0.15) is 0 Å². The van der Waals surface area contributed by atoms with Crippen LogP contribution in [0, 0.1) is 11.8 Å². The largest absolute Gasteiger partial charge is 0.497 e. The first-order valence-electron chi connectivity index (χ1n) is 8.31. The molecular weight excluding hydrogens is 304 g/mol. The first-order chi connectivity index (χ1) is 11.8. The topological polar surface area (TPSA) is 36.9 Å². The van der Waals surface area contributed by atoms with Gasteiger partial charge in [0.2, 0.25) is 0 Å². The number of rotatable bonds is 4. The molecule has 0 N–H and O–H groups in total. The smallest absolute Gasteiger partial charge is 0.118 e. The normalized spacial score (nSPS) is 28.6. The molecule has 2 aliphatic rings. The van der Waals surface area contributed by atoms with Gasteiger partial charge in [-0.1, -0.05) is 24.3 Å². The Bertz CT molecular complexity index is 620. The van der Waals surface area contributed by atoms with E-state index in [-0.39, 0.29) is 12.2 Å². The molecule has 2 aromatic carbocycles. The molecule has 0 aromatic heterocycles. The summed E-state index contributed by atoms with van der Waals surface area (Å²) in [5, 5.41) is 0. The van der Waals surface area contributed by atoms with Crippen LogP contribution in [0.4, 0.5) is 0 Å². The number of benzene rings is 2. The molecule has 24 heavy (non-hydrogen) atoms. The van der Waals surface area contributed by atoms with Gasteiger partial charge in [-0.3, -0.25) is 0 Å². The van der Waals surface area contributed by atoms with Crippen LogP contribution in [-0.4, -0.2) is 27.4 Å². The molecule has 4 heteroatoms. The molecule has 0 saturated carbocycles. The molecule has 0 bridgehead atoms. The second-order valence-electron chi connectivity index (χ2n) is 6.39. The summed E-state index contributed by atoms with van der Waals surface area (Å²) in [6.07, 6.45) is 0.131. The van der Waals surface area contributed by atoms with Crippen molar-refractivity contribution < 1.29 is 18.9 Å². The first-order valence-corrected chi connectivity index (χ1v) is 8.31. The minimum Gasteiger partial charge on any atom is -0.497 e. The average Bonchev–Trinajstić information content (AvgIpc) is 3.24.